The van der Waals surface area contributed by atoms with Crippen LogP contribution in [0.5, 0.6) is 5.75 Å². The maximum Gasteiger partial charge on any atom is 0.118 e. The number of benzene rings is 1. The van der Waals surface area contributed by atoms with Crippen LogP contribution in [0.3, 0.4) is 0 Å². The predicted octanol–water partition coefficient (Wildman–Crippen LogP) is 3.65. The molecule has 0 aliphatic heterocycles. The smallest absolute Gasteiger partial charge is 0.118 e. The van der Waals surface area contributed by atoms with Crippen LogP contribution >= 0.6 is 22.6 Å². The summed E-state index contributed by atoms with van der Waals surface area (Å²) in [4.78, 5) is 0. The lowest BCUT2D eigenvalue weighted by Gasteiger charge is -1.97. The third kappa shape index (κ3) is 5.08. The van der Waals surface area contributed by atoms with E-state index in [4.69, 9.17) is 4.74 Å². The number of unbranched alkanes of at least 4 members (excludes halogenated alkanes) is 2. The monoisotopic (exact) mass is 314 g/mol. The zero-order chi connectivity index (χ0) is 10.9. The maximum absolute atomic E-state index is 5.08. The van der Waals surface area contributed by atoms with E-state index in [1.807, 2.05) is 24.3 Å². The van der Waals surface area contributed by atoms with Crippen molar-refractivity contribution in [3.63, 3.8) is 0 Å². The Hall–Kier alpha value is -0.690. The van der Waals surface area contributed by atoms with Crippen molar-refractivity contribution in [2.45, 2.75) is 19.3 Å². The molecule has 0 N–H and O–H groups in total. The fourth-order valence-electron chi connectivity index (χ4n) is 1.15. The summed E-state index contributed by atoms with van der Waals surface area (Å²) in [7, 11) is 1.67. The van der Waals surface area contributed by atoms with Crippen molar-refractivity contribution in [3.8, 4) is 17.6 Å². The average molecular weight is 314 g/mol. The zero-order valence-electron chi connectivity index (χ0n) is 8.92. The summed E-state index contributed by atoms with van der Waals surface area (Å²) in [6.07, 6.45) is 3.46. The second-order valence-electron chi connectivity index (χ2n) is 3.18. The van der Waals surface area contributed by atoms with E-state index in [1.54, 1.807) is 7.11 Å². The Kier molecular flexibility index (Phi) is 6.26. The fraction of sp³-hybridized carbons (Fsp3) is 0.385. The van der Waals surface area contributed by atoms with Crippen LogP contribution in [0, 0.1) is 11.8 Å². The van der Waals surface area contributed by atoms with E-state index in [0.717, 1.165) is 17.7 Å². The van der Waals surface area contributed by atoms with E-state index in [0.29, 0.717) is 0 Å². The molecule has 0 bridgehead atoms. The van der Waals surface area contributed by atoms with Gasteiger partial charge in [-0.05, 0) is 41.5 Å². The summed E-state index contributed by atoms with van der Waals surface area (Å²) in [5.74, 6) is 7.21. The highest BCUT2D eigenvalue weighted by atomic mass is 127. The van der Waals surface area contributed by atoms with Crippen LogP contribution < -0.4 is 4.74 Å². The normalized spacial score (nSPS) is 9.20. The summed E-state index contributed by atoms with van der Waals surface area (Å²) >= 11 is 2.40. The van der Waals surface area contributed by atoms with E-state index < -0.39 is 0 Å². The average Bonchev–Trinajstić information content (AvgIpc) is 2.30. The number of hydrogen-bond acceptors (Lipinski definition) is 1. The maximum atomic E-state index is 5.08. The Balaban J connectivity index is 2.42. The van der Waals surface area contributed by atoms with Crippen LogP contribution in [0.4, 0.5) is 0 Å². The van der Waals surface area contributed by atoms with Crippen molar-refractivity contribution in [2.75, 3.05) is 11.5 Å². The van der Waals surface area contributed by atoms with E-state index in [2.05, 4.69) is 34.4 Å². The van der Waals surface area contributed by atoms with E-state index in [1.165, 1.54) is 17.3 Å². The van der Waals surface area contributed by atoms with Gasteiger partial charge in [0, 0.05) is 12.0 Å². The standard InChI is InChI=1S/C13H15IO/c1-15-13-9-7-12(8-10-13)6-4-2-3-5-11-14/h7-10H,2-3,5,11H2,1H3. The molecule has 0 saturated carbocycles. The molecule has 0 unspecified atom stereocenters. The first kappa shape index (κ1) is 12.4. The largest absolute Gasteiger partial charge is 0.497 e. The van der Waals surface area contributed by atoms with Crippen LogP contribution in [0.25, 0.3) is 0 Å². The predicted molar refractivity (Wildman–Crippen MR) is 72.6 cm³/mol. The molecule has 0 radical (unpaired) electrons. The molecule has 1 aromatic rings. The van der Waals surface area contributed by atoms with Crippen LogP contribution in [0.15, 0.2) is 24.3 Å². The lowest BCUT2D eigenvalue weighted by atomic mass is 10.2. The van der Waals surface area contributed by atoms with Crippen molar-refractivity contribution in [3.05, 3.63) is 29.8 Å². The van der Waals surface area contributed by atoms with E-state index >= 15 is 0 Å². The van der Waals surface area contributed by atoms with Crippen molar-refractivity contribution in [2.24, 2.45) is 0 Å². The first-order valence-corrected chi connectivity index (χ1v) is 6.58. The number of hydrogen-bond donors (Lipinski definition) is 0. The molecule has 80 valence electrons. The Morgan fingerprint density at radius 3 is 2.53 bits per heavy atom. The van der Waals surface area contributed by atoms with Crippen molar-refractivity contribution in [1.82, 2.24) is 0 Å². The Bertz CT molecular complexity index is 332. The molecule has 0 atom stereocenters. The van der Waals surface area contributed by atoms with Gasteiger partial charge in [0.15, 0.2) is 0 Å². The van der Waals surface area contributed by atoms with Crippen LogP contribution in [-0.2, 0) is 0 Å². The lowest BCUT2D eigenvalue weighted by molar-refractivity contribution is 0.415. The van der Waals surface area contributed by atoms with Crippen molar-refractivity contribution in [1.29, 1.82) is 0 Å². The molecule has 0 aliphatic rings. The van der Waals surface area contributed by atoms with Crippen LogP contribution in [0.1, 0.15) is 24.8 Å². The first-order chi connectivity index (χ1) is 7.36. The molecular formula is C13H15IO. The van der Waals surface area contributed by atoms with E-state index in [-0.39, 0.29) is 0 Å². The molecule has 0 fully saturated rings. The van der Waals surface area contributed by atoms with Gasteiger partial charge in [0.05, 0.1) is 7.11 Å². The minimum absolute atomic E-state index is 0.880. The van der Waals surface area contributed by atoms with Gasteiger partial charge >= 0.3 is 0 Å². The molecule has 0 amide bonds. The minimum Gasteiger partial charge on any atom is -0.497 e. The number of alkyl halides is 1. The second kappa shape index (κ2) is 7.58. The molecule has 0 heterocycles. The molecule has 15 heavy (non-hydrogen) atoms. The lowest BCUT2D eigenvalue weighted by Crippen LogP contribution is -1.82. The van der Waals surface area contributed by atoms with Gasteiger partial charge in [0.25, 0.3) is 0 Å². The van der Waals surface area contributed by atoms with Crippen molar-refractivity contribution < 1.29 is 4.74 Å². The Morgan fingerprint density at radius 2 is 1.93 bits per heavy atom. The van der Waals surface area contributed by atoms with Gasteiger partial charge in [-0.25, -0.2) is 0 Å². The van der Waals surface area contributed by atoms with Crippen molar-refractivity contribution >= 4 is 22.6 Å². The fourth-order valence-corrected chi connectivity index (χ4v) is 1.69. The van der Waals surface area contributed by atoms with Gasteiger partial charge in [-0.2, -0.15) is 0 Å². The molecule has 0 aromatic heterocycles. The highest BCUT2D eigenvalue weighted by Crippen LogP contribution is 2.10. The molecule has 0 spiro atoms. The highest BCUT2D eigenvalue weighted by Gasteiger charge is 1.89. The molecule has 0 saturated heterocycles. The van der Waals surface area contributed by atoms with Gasteiger partial charge in [-0.3, -0.25) is 0 Å². The number of ether oxygens (including phenoxy) is 1. The molecule has 1 aromatic carbocycles. The Morgan fingerprint density at radius 1 is 1.20 bits per heavy atom. The second-order valence-corrected chi connectivity index (χ2v) is 4.26. The third-order valence-corrected chi connectivity index (χ3v) is 2.77. The number of halogens is 1. The number of rotatable bonds is 4. The van der Waals surface area contributed by atoms with Gasteiger partial charge < -0.3 is 4.74 Å². The molecular weight excluding hydrogens is 299 g/mol. The van der Waals surface area contributed by atoms with Gasteiger partial charge in [-0.15, -0.1) is 0 Å². The molecule has 1 rings (SSSR count). The summed E-state index contributed by atoms with van der Waals surface area (Å²) in [6.45, 7) is 0. The summed E-state index contributed by atoms with van der Waals surface area (Å²) in [5.41, 5.74) is 1.06. The van der Waals surface area contributed by atoms with E-state index in [9.17, 15) is 0 Å². The summed E-state index contributed by atoms with van der Waals surface area (Å²) in [5, 5.41) is 0. The SMILES string of the molecule is COc1ccc(C#CCCCCI)cc1. The summed E-state index contributed by atoms with van der Waals surface area (Å²) < 4.78 is 6.30. The quantitative estimate of drug-likeness (QED) is 0.357. The van der Waals surface area contributed by atoms with Gasteiger partial charge in [-0.1, -0.05) is 34.4 Å². The van der Waals surface area contributed by atoms with Crippen LogP contribution in [0.2, 0.25) is 0 Å². The number of methoxy groups -OCH3 is 1. The topological polar surface area (TPSA) is 9.23 Å². The minimum atomic E-state index is 0.880. The van der Waals surface area contributed by atoms with Crippen LogP contribution in [-0.4, -0.2) is 11.5 Å². The molecule has 1 nitrogen and oxygen atoms in total. The summed E-state index contributed by atoms with van der Waals surface area (Å²) in [6, 6.07) is 7.86. The van der Waals surface area contributed by atoms with Gasteiger partial charge in [0.1, 0.15) is 5.75 Å². The molecule has 0 aliphatic carbocycles. The Labute approximate surface area is 105 Å². The highest BCUT2D eigenvalue weighted by molar-refractivity contribution is 14.1. The first-order valence-electron chi connectivity index (χ1n) is 5.05. The third-order valence-electron chi connectivity index (χ3n) is 2.01. The zero-order valence-corrected chi connectivity index (χ0v) is 11.1. The molecule has 2 heteroatoms. The van der Waals surface area contributed by atoms with Gasteiger partial charge in [0.2, 0.25) is 0 Å².